The normalized spacial score (nSPS) is 19.2. The molecule has 0 bridgehead atoms. The Morgan fingerprint density at radius 3 is 3.17 bits per heavy atom. The van der Waals surface area contributed by atoms with Crippen LogP contribution >= 0.6 is 11.3 Å². The molecule has 1 fully saturated rings. The lowest BCUT2D eigenvalue weighted by atomic mass is 10.3. The van der Waals surface area contributed by atoms with E-state index in [0.29, 0.717) is 10.7 Å². The number of non-ortho nitro benzene ring substituents is 1. The molecular formula is C11H11N3O3S. The number of nitro groups is 1. The molecule has 1 aromatic heterocycles. The number of nitrogens with one attached hydrogen (secondary N) is 1. The fourth-order valence-electron chi connectivity index (χ4n) is 1.93. The SMILES string of the molecule is O=[N+]([O-])c1ccc2sc(O[C@@H]3CCNC3)nc2c1. The smallest absolute Gasteiger partial charge is 0.274 e. The second kappa shape index (κ2) is 4.51. The molecule has 7 heteroatoms. The minimum Gasteiger partial charge on any atom is -0.465 e. The van der Waals surface area contributed by atoms with Crippen molar-refractivity contribution in [3.05, 3.63) is 28.3 Å². The van der Waals surface area contributed by atoms with E-state index in [2.05, 4.69) is 10.3 Å². The maximum atomic E-state index is 10.7. The zero-order valence-electron chi connectivity index (χ0n) is 9.46. The van der Waals surface area contributed by atoms with Gasteiger partial charge in [0, 0.05) is 18.7 Å². The Morgan fingerprint density at radius 1 is 1.56 bits per heavy atom. The summed E-state index contributed by atoms with van der Waals surface area (Å²) in [5.41, 5.74) is 0.678. The van der Waals surface area contributed by atoms with Gasteiger partial charge >= 0.3 is 0 Å². The summed E-state index contributed by atoms with van der Waals surface area (Å²) >= 11 is 1.42. The highest BCUT2D eigenvalue weighted by molar-refractivity contribution is 7.20. The maximum Gasteiger partial charge on any atom is 0.274 e. The number of nitrogens with zero attached hydrogens (tertiary/aromatic N) is 2. The third kappa shape index (κ3) is 2.14. The zero-order chi connectivity index (χ0) is 12.5. The third-order valence-corrected chi connectivity index (χ3v) is 3.77. The van der Waals surface area contributed by atoms with E-state index in [0.717, 1.165) is 24.2 Å². The van der Waals surface area contributed by atoms with Crippen LogP contribution in [0.25, 0.3) is 10.2 Å². The highest BCUT2D eigenvalue weighted by atomic mass is 32.1. The van der Waals surface area contributed by atoms with Gasteiger partial charge < -0.3 is 10.1 Å². The van der Waals surface area contributed by atoms with Crippen LogP contribution in [-0.4, -0.2) is 29.1 Å². The molecule has 3 rings (SSSR count). The predicted octanol–water partition coefficient (Wildman–Crippen LogP) is 1.95. The first-order valence-electron chi connectivity index (χ1n) is 5.65. The molecule has 2 heterocycles. The van der Waals surface area contributed by atoms with Crippen molar-refractivity contribution in [2.45, 2.75) is 12.5 Å². The van der Waals surface area contributed by atoms with Gasteiger partial charge in [0.15, 0.2) is 0 Å². The molecule has 18 heavy (non-hydrogen) atoms. The largest absolute Gasteiger partial charge is 0.465 e. The Balaban J connectivity index is 1.87. The number of hydrogen-bond acceptors (Lipinski definition) is 6. The van der Waals surface area contributed by atoms with Crippen LogP contribution in [0.5, 0.6) is 5.19 Å². The molecule has 1 N–H and O–H groups in total. The number of ether oxygens (including phenoxy) is 1. The van der Waals surface area contributed by atoms with Crippen LogP contribution in [0.2, 0.25) is 0 Å². The summed E-state index contributed by atoms with van der Waals surface area (Å²) in [4.78, 5) is 14.5. The fourth-order valence-corrected chi connectivity index (χ4v) is 2.79. The third-order valence-electron chi connectivity index (χ3n) is 2.84. The number of fused-ring (bicyclic) bond motifs is 1. The van der Waals surface area contributed by atoms with E-state index < -0.39 is 4.92 Å². The summed E-state index contributed by atoms with van der Waals surface area (Å²) in [6.07, 6.45) is 1.12. The molecule has 1 aliphatic heterocycles. The molecule has 1 saturated heterocycles. The lowest BCUT2D eigenvalue weighted by molar-refractivity contribution is -0.384. The van der Waals surface area contributed by atoms with Crippen LogP contribution in [0, 0.1) is 10.1 Å². The van der Waals surface area contributed by atoms with Crippen LogP contribution in [-0.2, 0) is 0 Å². The summed E-state index contributed by atoms with van der Waals surface area (Å²) in [5.74, 6) is 0. The van der Waals surface area contributed by atoms with Crippen LogP contribution in [0.1, 0.15) is 6.42 Å². The Morgan fingerprint density at radius 2 is 2.44 bits per heavy atom. The highest BCUT2D eigenvalue weighted by Crippen LogP contribution is 2.31. The van der Waals surface area contributed by atoms with Gasteiger partial charge in [-0.3, -0.25) is 10.1 Å². The van der Waals surface area contributed by atoms with Gasteiger partial charge in [-0.25, -0.2) is 4.98 Å². The van der Waals surface area contributed by atoms with Gasteiger partial charge in [0.25, 0.3) is 10.9 Å². The van der Waals surface area contributed by atoms with Gasteiger partial charge in [-0.15, -0.1) is 0 Å². The molecule has 0 aliphatic carbocycles. The summed E-state index contributed by atoms with van der Waals surface area (Å²) in [7, 11) is 0. The standard InChI is InChI=1S/C11H11N3O3S/c15-14(16)7-1-2-10-9(5-7)13-11(18-10)17-8-3-4-12-6-8/h1-2,5,8,12H,3-4,6H2/t8-/m1/s1. The quantitative estimate of drug-likeness (QED) is 0.678. The maximum absolute atomic E-state index is 10.7. The molecule has 0 unspecified atom stereocenters. The molecule has 94 valence electrons. The van der Waals surface area contributed by atoms with Crippen molar-refractivity contribution in [2.75, 3.05) is 13.1 Å². The van der Waals surface area contributed by atoms with Crippen LogP contribution in [0.3, 0.4) is 0 Å². The van der Waals surface area contributed by atoms with E-state index in [1.54, 1.807) is 6.07 Å². The first-order chi connectivity index (χ1) is 8.72. The van der Waals surface area contributed by atoms with Gasteiger partial charge in [-0.1, -0.05) is 11.3 Å². The molecule has 0 spiro atoms. The second-order valence-electron chi connectivity index (χ2n) is 4.12. The van der Waals surface area contributed by atoms with Gasteiger partial charge in [-0.2, -0.15) is 0 Å². The highest BCUT2D eigenvalue weighted by Gasteiger charge is 2.18. The molecular weight excluding hydrogens is 254 g/mol. The first kappa shape index (κ1) is 11.4. The fraction of sp³-hybridized carbons (Fsp3) is 0.364. The molecule has 0 saturated carbocycles. The Hall–Kier alpha value is -1.73. The lowest BCUT2D eigenvalue weighted by Gasteiger charge is -2.07. The second-order valence-corrected chi connectivity index (χ2v) is 5.11. The monoisotopic (exact) mass is 265 g/mol. The van der Waals surface area contributed by atoms with Crippen molar-refractivity contribution in [1.82, 2.24) is 10.3 Å². The summed E-state index contributed by atoms with van der Waals surface area (Å²) in [6, 6.07) is 4.68. The van der Waals surface area contributed by atoms with Crippen molar-refractivity contribution in [3.8, 4) is 5.19 Å². The summed E-state index contributed by atoms with van der Waals surface area (Å²) in [5, 5.41) is 14.5. The zero-order valence-corrected chi connectivity index (χ0v) is 10.3. The molecule has 2 aromatic rings. The van der Waals surface area contributed by atoms with Crippen molar-refractivity contribution in [1.29, 1.82) is 0 Å². The average Bonchev–Trinajstić information content (AvgIpc) is 2.96. The predicted molar refractivity (Wildman–Crippen MR) is 68.2 cm³/mol. The van der Waals surface area contributed by atoms with E-state index in [4.69, 9.17) is 4.74 Å². The van der Waals surface area contributed by atoms with Crippen molar-refractivity contribution >= 4 is 27.2 Å². The van der Waals surface area contributed by atoms with E-state index in [1.165, 1.54) is 23.5 Å². The molecule has 0 amide bonds. The summed E-state index contributed by atoms with van der Waals surface area (Å²) in [6.45, 7) is 1.79. The minimum atomic E-state index is -0.416. The van der Waals surface area contributed by atoms with Gasteiger partial charge in [0.05, 0.1) is 15.1 Å². The van der Waals surface area contributed by atoms with Gasteiger partial charge in [0.2, 0.25) is 0 Å². The van der Waals surface area contributed by atoms with Gasteiger partial charge in [-0.05, 0) is 19.0 Å². The van der Waals surface area contributed by atoms with Crippen molar-refractivity contribution < 1.29 is 9.66 Å². The van der Waals surface area contributed by atoms with Gasteiger partial charge in [0.1, 0.15) is 6.10 Å². The number of nitro benzene ring substituents is 1. The summed E-state index contributed by atoms with van der Waals surface area (Å²) < 4.78 is 6.64. The number of aromatic nitrogens is 1. The molecule has 6 nitrogen and oxygen atoms in total. The van der Waals surface area contributed by atoms with Crippen LogP contribution < -0.4 is 10.1 Å². The number of benzene rings is 1. The Kier molecular flexibility index (Phi) is 2.85. The molecule has 1 atom stereocenters. The van der Waals surface area contributed by atoms with Crippen LogP contribution in [0.15, 0.2) is 18.2 Å². The number of rotatable bonds is 3. The molecule has 1 aliphatic rings. The van der Waals surface area contributed by atoms with E-state index in [-0.39, 0.29) is 11.8 Å². The van der Waals surface area contributed by atoms with Crippen LogP contribution in [0.4, 0.5) is 5.69 Å². The van der Waals surface area contributed by atoms with E-state index in [1.807, 2.05) is 0 Å². The minimum absolute atomic E-state index is 0.0573. The number of hydrogen-bond donors (Lipinski definition) is 1. The van der Waals surface area contributed by atoms with Crippen molar-refractivity contribution in [2.24, 2.45) is 0 Å². The average molecular weight is 265 g/mol. The molecule has 0 radical (unpaired) electrons. The Bertz CT molecular complexity index is 592. The van der Waals surface area contributed by atoms with E-state index >= 15 is 0 Å². The molecule has 1 aromatic carbocycles. The lowest BCUT2D eigenvalue weighted by Crippen LogP contribution is -2.19. The Labute approximate surface area is 107 Å². The topological polar surface area (TPSA) is 77.3 Å². The number of thiazole rings is 1. The first-order valence-corrected chi connectivity index (χ1v) is 6.46. The van der Waals surface area contributed by atoms with Crippen molar-refractivity contribution in [3.63, 3.8) is 0 Å². The van der Waals surface area contributed by atoms with E-state index in [9.17, 15) is 10.1 Å².